The topological polar surface area (TPSA) is 4.93 Å². The number of aromatic nitrogens is 1. The van der Waals surface area contributed by atoms with Crippen LogP contribution in [0.3, 0.4) is 0 Å². The van der Waals surface area contributed by atoms with E-state index in [2.05, 4.69) is 174 Å². The first kappa shape index (κ1) is 24.9. The third-order valence-electron chi connectivity index (χ3n) is 9.31. The minimum Gasteiger partial charge on any atom is -0.309 e. The highest BCUT2D eigenvalue weighted by molar-refractivity contribution is 6.17. The van der Waals surface area contributed by atoms with Crippen molar-refractivity contribution in [3.8, 4) is 39.1 Å². The molecule has 8 aromatic rings. The molecule has 1 unspecified atom stereocenters. The Balaban J connectivity index is 1.24. The molecular weight excluding hydrogens is 530 g/mol. The van der Waals surface area contributed by atoms with Gasteiger partial charge < -0.3 is 4.57 Å². The largest absolute Gasteiger partial charge is 0.309 e. The first-order chi connectivity index (χ1) is 21.8. The van der Waals surface area contributed by atoms with Crippen LogP contribution in [-0.2, 0) is 0 Å². The molecule has 1 aliphatic rings. The van der Waals surface area contributed by atoms with Gasteiger partial charge in [0.2, 0.25) is 0 Å². The van der Waals surface area contributed by atoms with E-state index in [9.17, 15) is 0 Å². The molecule has 1 heterocycles. The molecule has 0 saturated carbocycles. The maximum absolute atomic E-state index is 2.43. The predicted octanol–water partition coefficient (Wildman–Crippen LogP) is 11.3. The van der Waals surface area contributed by atoms with E-state index in [4.69, 9.17) is 0 Å². The molecule has 0 amide bonds. The lowest BCUT2D eigenvalue weighted by atomic mass is 9.88. The summed E-state index contributed by atoms with van der Waals surface area (Å²) in [6, 6.07) is 62.0. The van der Waals surface area contributed by atoms with Crippen LogP contribution in [0.1, 0.15) is 22.6 Å². The second-order valence-electron chi connectivity index (χ2n) is 11.7. The van der Waals surface area contributed by atoms with Crippen molar-refractivity contribution in [2.75, 3.05) is 0 Å². The summed E-state index contributed by atoms with van der Waals surface area (Å²) in [5.41, 5.74) is 15.4. The first-order valence-corrected chi connectivity index (χ1v) is 15.3. The number of rotatable bonds is 4. The van der Waals surface area contributed by atoms with Crippen molar-refractivity contribution in [3.63, 3.8) is 0 Å². The molecule has 0 spiro atoms. The van der Waals surface area contributed by atoms with E-state index in [1.165, 1.54) is 77.6 Å². The van der Waals surface area contributed by atoms with Crippen molar-refractivity contribution >= 4 is 21.8 Å². The lowest BCUT2D eigenvalue weighted by molar-refractivity contribution is 1.02. The van der Waals surface area contributed by atoms with Gasteiger partial charge in [-0.05, 0) is 74.3 Å². The molecule has 206 valence electrons. The number of hydrogen-bond acceptors (Lipinski definition) is 0. The Labute approximate surface area is 257 Å². The van der Waals surface area contributed by atoms with E-state index in [1.54, 1.807) is 0 Å². The van der Waals surface area contributed by atoms with Gasteiger partial charge in [0.15, 0.2) is 0 Å². The van der Waals surface area contributed by atoms with E-state index in [0.29, 0.717) is 0 Å². The highest BCUT2D eigenvalue weighted by Crippen LogP contribution is 2.52. The average Bonchev–Trinajstić information content (AvgIpc) is 3.62. The second-order valence-corrected chi connectivity index (χ2v) is 11.7. The van der Waals surface area contributed by atoms with Gasteiger partial charge in [0.05, 0.1) is 11.0 Å². The van der Waals surface area contributed by atoms with Crippen molar-refractivity contribution in [2.45, 2.75) is 5.92 Å². The summed E-state index contributed by atoms with van der Waals surface area (Å²) in [5.74, 6) is 0.197. The van der Waals surface area contributed by atoms with E-state index in [0.717, 1.165) is 0 Å². The normalized spacial score (nSPS) is 13.7. The summed E-state index contributed by atoms with van der Waals surface area (Å²) >= 11 is 0. The van der Waals surface area contributed by atoms with Gasteiger partial charge in [-0.3, -0.25) is 0 Å². The molecule has 0 radical (unpaired) electrons. The van der Waals surface area contributed by atoms with Crippen molar-refractivity contribution < 1.29 is 0 Å². The maximum atomic E-state index is 2.43. The Morgan fingerprint density at radius 3 is 1.66 bits per heavy atom. The second kappa shape index (κ2) is 9.97. The number of para-hydroxylation sites is 1. The number of hydrogen-bond donors (Lipinski definition) is 0. The molecule has 0 fully saturated rings. The molecule has 7 aromatic carbocycles. The van der Waals surface area contributed by atoms with Crippen LogP contribution in [0.25, 0.3) is 60.9 Å². The van der Waals surface area contributed by atoms with Crippen LogP contribution >= 0.6 is 0 Å². The van der Waals surface area contributed by atoms with Crippen molar-refractivity contribution in [1.82, 2.24) is 4.57 Å². The molecule has 9 rings (SSSR count). The van der Waals surface area contributed by atoms with E-state index >= 15 is 0 Å². The maximum Gasteiger partial charge on any atom is 0.0547 e. The van der Waals surface area contributed by atoms with Crippen LogP contribution in [-0.4, -0.2) is 4.57 Å². The van der Waals surface area contributed by atoms with Gasteiger partial charge in [-0.25, -0.2) is 0 Å². The SMILES string of the molecule is c1ccc(-c2ccc(C3c4ccccc4-c4c3ccc3c4c4ccccc4n3-c3ccc(-c4ccccc4)cc3)cc2)cc1. The van der Waals surface area contributed by atoms with Gasteiger partial charge >= 0.3 is 0 Å². The van der Waals surface area contributed by atoms with Crippen molar-refractivity contribution in [2.24, 2.45) is 0 Å². The van der Waals surface area contributed by atoms with E-state index in [-0.39, 0.29) is 5.92 Å². The molecule has 0 N–H and O–H groups in total. The van der Waals surface area contributed by atoms with Gasteiger partial charge in [-0.1, -0.05) is 146 Å². The first-order valence-electron chi connectivity index (χ1n) is 15.3. The van der Waals surface area contributed by atoms with Gasteiger partial charge in [-0.15, -0.1) is 0 Å². The molecule has 1 heteroatoms. The summed E-state index contributed by atoms with van der Waals surface area (Å²) in [4.78, 5) is 0. The molecule has 0 bridgehead atoms. The van der Waals surface area contributed by atoms with Gasteiger partial charge in [0.1, 0.15) is 0 Å². The summed E-state index contributed by atoms with van der Waals surface area (Å²) in [7, 11) is 0. The molecule has 0 saturated heterocycles. The third-order valence-corrected chi connectivity index (χ3v) is 9.31. The van der Waals surface area contributed by atoms with Crippen molar-refractivity contribution in [1.29, 1.82) is 0 Å². The summed E-state index contributed by atoms with van der Waals surface area (Å²) in [6.07, 6.45) is 0. The zero-order valence-electron chi connectivity index (χ0n) is 24.2. The van der Waals surface area contributed by atoms with Crippen molar-refractivity contribution in [3.05, 3.63) is 187 Å². The van der Waals surface area contributed by atoms with Gasteiger partial charge in [0.25, 0.3) is 0 Å². The molecular formula is C43H29N. The number of benzene rings is 7. The Morgan fingerprint density at radius 2 is 0.955 bits per heavy atom. The third kappa shape index (κ3) is 3.80. The van der Waals surface area contributed by atoms with Crippen LogP contribution in [0, 0.1) is 0 Å². The molecule has 1 aliphatic carbocycles. The van der Waals surface area contributed by atoms with Crippen LogP contribution in [0.5, 0.6) is 0 Å². The van der Waals surface area contributed by atoms with Crippen LogP contribution in [0.4, 0.5) is 0 Å². The minimum atomic E-state index is 0.197. The molecule has 1 atom stereocenters. The van der Waals surface area contributed by atoms with E-state index < -0.39 is 0 Å². The van der Waals surface area contributed by atoms with E-state index in [1.807, 2.05) is 0 Å². The Morgan fingerprint density at radius 1 is 0.386 bits per heavy atom. The molecule has 1 nitrogen and oxygen atoms in total. The highest BCUT2D eigenvalue weighted by Gasteiger charge is 2.32. The minimum absolute atomic E-state index is 0.197. The quantitative estimate of drug-likeness (QED) is 0.202. The lowest BCUT2D eigenvalue weighted by Gasteiger charge is -2.15. The molecule has 1 aromatic heterocycles. The number of nitrogens with zero attached hydrogens (tertiary/aromatic N) is 1. The zero-order chi connectivity index (χ0) is 29.0. The Kier molecular flexibility index (Phi) is 5.64. The van der Waals surface area contributed by atoms with Gasteiger partial charge in [-0.2, -0.15) is 0 Å². The van der Waals surface area contributed by atoms with Crippen LogP contribution < -0.4 is 0 Å². The summed E-state index contributed by atoms with van der Waals surface area (Å²) in [5, 5.41) is 2.63. The molecule has 0 aliphatic heterocycles. The van der Waals surface area contributed by atoms with Gasteiger partial charge in [0, 0.05) is 22.4 Å². The Hall–Kier alpha value is -5.66. The summed E-state index contributed by atoms with van der Waals surface area (Å²) in [6.45, 7) is 0. The molecule has 44 heavy (non-hydrogen) atoms. The fourth-order valence-corrected chi connectivity index (χ4v) is 7.32. The monoisotopic (exact) mass is 559 g/mol. The Bertz CT molecular complexity index is 2290. The predicted molar refractivity (Wildman–Crippen MR) is 184 cm³/mol. The summed E-state index contributed by atoms with van der Waals surface area (Å²) < 4.78 is 2.43. The standard InChI is InChI=1S/C43H29N/c1-3-11-29(12-4-1)31-19-21-33(22-20-31)41-35-15-7-8-16-36(35)42-38(41)27-28-40-43(42)37-17-9-10-18-39(37)44(40)34-25-23-32(24-26-34)30-13-5-2-6-14-30/h1-28,41H. The highest BCUT2D eigenvalue weighted by atomic mass is 15.0. The fourth-order valence-electron chi connectivity index (χ4n) is 7.32. The number of fused-ring (bicyclic) bond motifs is 7. The smallest absolute Gasteiger partial charge is 0.0547 e. The average molecular weight is 560 g/mol. The van der Waals surface area contributed by atoms with Crippen LogP contribution in [0.2, 0.25) is 0 Å². The van der Waals surface area contributed by atoms with Crippen LogP contribution in [0.15, 0.2) is 170 Å². The fraction of sp³-hybridized carbons (Fsp3) is 0.0233. The zero-order valence-corrected chi connectivity index (χ0v) is 24.2. The lowest BCUT2D eigenvalue weighted by Crippen LogP contribution is -1.99.